The molecule has 3 N–H and O–H groups in total. The summed E-state index contributed by atoms with van der Waals surface area (Å²) in [5.41, 5.74) is 2.12. The average molecular weight is 530 g/mol. The fourth-order valence-electron chi connectivity index (χ4n) is 3.46. The summed E-state index contributed by atoms with van der Waals surface area (Å²) in [7, 11) is 1.77. The summed E-state index contributed by atoms with van der Waals surface area (Å²) in [6.45, 7) is 9.29. The van der Waals surface area contributed by atoms with E-state index >= 15 is 0 Å². The lowest BCUT2D eigenvalue weighted by atomic mass is 9.67. The second-order valence-electron chi connectivity index (χ2n) is 8.12. The second-order valence-corrected chi connectivity index (χ2v) is 8.12. The second kappa shape index (κ2) is 13.9. The summed E-state index contributed by atoms with van der Waals surface area (Å²) in [6, 6.07) is 7.88. The van der Waals surface area contributed by atoms with E-state index in [4.69, 9.17) is 9.73 Å². The molecule has 0 heterocycles. The van der Waals surface area contributed by atoms with Gasteiger partial charge in [-0.3, -0.25) is 4.79 Å². The highest BCUT2D eigenvalue weighted by atomic mass is 127. The Labute approximate surface area is 199 Å². The maximum absolute atomic E-state index is 12.2. The van der Waals surface area contributed by atoms with E-state index < -0.39 is 0 Å². The van der Waals surface area contributed by atoms with Crippen molar-refractivity contribution < 1.29 is 9.53 Å². The molecule has 0 saturated heterocycles. The number of methoxy groups -OCH3 is 1. The van der Waals surface area contributed by atoms with Crippen LogP contribution in [0.2, 0.25) is 0 Å². The van der Waals surface area contributed by atoms with Crippen LogP contribution in [0.25, 0.3) is 0 Å². The predicted octanol–water partition coefficient (Wildman–Crippen LogP) is 4.09. The SMILES string of the molecule is CCNC(=NCc1ccc(C(=O)NC(C)CC)cc1)NCC1(CCOC)CCC1.I. The average Bonchev–Trinajstić information content (AvgIpc) is 2.71. The lowest BCUT2D eigenvalue weighted by Crippen LogP contribution is -2.46. The van der Waals surface area contributed by atoms with E-state index in [2.05, 4.69) is 29.8 Å². The molecule has 0 bridgehead atoms. The lowest BCUT2D eigenvalue weighted by molar-refractivity contribution is 0.0732. The predicted molar refractivity (Wildman–Crippen MR) is 135 cm³/mol. The number of nitrogens with one attached hydrogen (secondary N) is 3. The smallest absolute Gasteiger partial charge is 0.251 e. The quantitative estimate of drug-likeness (QED) is 0.229. The van der Waals surface area contributed by atoms with Gasteiger partial charge in [0.25, 0.3) is 5.91 Å². The van der Waals surface area contributed by atoms with Crippen LogP contribution in [0.4, 0.5) is 0 Å². The minimum Gasteiger partial charge on any atom is -0.385 e. The van der Waals surface area contributed by atoms with Gasteiger partial charge < -0.3 is 20.7 Å². The number of aliphatic imine (C=N–C) groups is 1. The molecular weight excluding hydrogens is 491 g/mol. The molecule has 1 aromatic rings. The van der Waals surface area contributed by atoms with Gasteiger partial charge in [0.2, 0.25) is 0 Å². The zero-order valence-corrected chi connectivity index (χ0v) is 21.3. The van der Waals surface area contributed by atoms with Gasteiger partial charge in [0, 0.05) is 38.4 Å². The van der Waals surface area contributed by atoms with Crippen LogP contribution in [0.3, 0.4) is 0 Å². The van der Waals surface area contributed by atoms with Gasteiger partial charge in [0.15, 0.2) is 5.96 Å². The standard InChI is InChI=1S/C23H38N4O2.HI/c1-5-18(3)27-21(28)20-10-8-19(9-11-20)16-25-22(24-6-2)26-17-23(12-7-13-23)14-15-29-4;/h8-11,18H,5-7,12-17H2,1-4H3,(H,27,28)(H2,24,25,26);1H. The molecule has 7 heteroatoms. The monoisotopic (exact) mass is 530 g/mol. The minimum atomic E-state index is -0.0220. The van der Waals surface area contributed by atoms with E-state index in [1.165, 1.54) is 19.3 Å². The first kappa shape index (κ1) is 26.7. The number of hydrogen-bond donors (Lipinski definition) is 3. The van der Waals surface area contributed by atoms with Crippen LogP contribution in [0.15, 0.2) is 29.3 Å². The number of benzene rings is 1. The Morgan fingerprint density at radius 3 is 2.43 bits per heavy atom. The van der Waals surface area contributed by atoms with Crippen LogP contribution >= 0.6 is 24.0 Å². The van der Waals surface area contributed by atoms with Gasteiger partial charge in [-0.1, -0.05) is 25.5 Å². The van der Waals surface area contributed by atoms with Crippen molar-refractivity contribution in [2.75, 3.05) is 26.8 Å². The van der Waals surface area contributed by atoms with Gasteiger partial charge in [-0.15, -0.1) is 24.0 Å². The Kier molecular flexibility index (Phi) is 12.3. The first-order valence-electron chi connectivity index (χ1n) is 10.9. The Morgan fingerprint density at radius 1 is 1.20 bits per heavy atom. The number of amides is 1. The molecule has 1 amide bonds. The Hall–Kier alpha value is -1.35. The van der Waals surface area contributed by atoms with Crippen molar-refractivity contribution in [2.45, 2.75) is 65.5 Å². The van der Waals surface area contributed by atoms with Gasteiger partial charge in [-0.2, -0.15) is 0 Å². The third-order valence-electron chi connectivity index (χ3n) is 5.85. The normalized spacial score (nSPS) is 16.1. The molecule has 1 unspecified atom stereocenters. The summed E-state index contributed by atoms with van der Waals surface area (Å²) in [5.74, 6) is 0.820. The number of halogens is 1. The van der Waals surface area contributed by atoms with Gasteiger partial charge in [-0.05, 0) is 62.6 Å². The lowest BCUT2D eigenvalue weighted by Gasteiger charge is -2.42. The summed E-state index contributed by atoms with van der Waals surface area (Å²) in [4.78, 5) is 16.9. The Balaban J connectivity index is 0.00000450. The molecule has 0 radical (unpaired) electrons. The summed E-state index contributed by atoms with van der Waals surface area (Å²) >= 11 is 0. The Morgan fingerprint density at radius 2 is 1.90 bits per heavy atom. The maximum Gasteiger partial charge on any atom is 0.251 e. The molecule has 0 aromatic heterocycles. The minimum absolute atomic E-state index is 0. The molecule has 1 aliphatic carbocycles. The van der Waals surface area contributed by atoms with Gasteiger partial charge in [0.05, 0.1) is 6.54 Å². The van der Waals surface area contributed by atoms with Crippen molar-refractivity contribution in [3.63, 3.8) is 0 Å². The van der Waals surface area contributed by atoms with Crippen LogP contribution in [0, 0.1) is 5.41 Å². The van der Waals surface area contributed by atoms with Crippen molar-refractivity contribution in [1.82, 2.24) is 16.0 Å². The van der Waals surface area contributed by atoms with E-state index in [1.54, 1.807) is 7.11 Å². The third kappa shape index (κ3) is 8.41. The van der Waals surface area contributed by atoms with Gasteiger partial charge >= 0.3 is 0 Å². The maximum atomic E-state index is 12.2. The molecule has 1 aliphatic rings. The number of nitrogens with zero attached hydrogens (tertiary/aromatic N) is 1. The zero-order chi connectivity index (χ0) is 21.1. The first-order valence-corrected chi connectivity index (χ1v) is 10.9. The molecule has 2 rings (SSSR count). The molecule has 1 saturated carbocycles. The number of carbonyl (C=O) groups is 1. The highest BCUT2D eigenvalue weighted by Crippen LogP contribution is 2.43. The molecule has 0 aliphatic heterocycles. The van der Waals surface area contributed by atoms with E-state index in [9.17, 15) is 4.79 Å². The summed E-state index contributed by atoms with van der Waals surface area (Å²) in [6.07, 6.45) is 5.82. The molecule has 0 spiro atoms. The fraction of sp³-hybridized carbons (Fsp3) is 0.652. The highest BCUT2D eigenvalue weighted by Gasteiger charge is 2.36. The van der Waals surface area contributed by atoms with E-state index in [0.29, 0.717) is 17.5 Å². The first-order chi connectivity index (χ1) is 14.0. The molecule has 1 atom stereocenters. The number of hydrogen-bond acceptors (Lipinski definition) is 3. The number of rotatable bonds is 11. The van der Waals surface area contributed by atoms with Crippen LogP contribution in [0.1, 0.15) is 68.8 Å². The van der Waals surface area contributed by atoms with Crippen molar-refractivity contribution in [3.05, 3.63) is 35.4 Å². The highest BCUT2D eigenvalue weighted by molar-refractivity contribution is 14.0. The van der Waals surface area contributed by atoms with Gasteiger partial charge in [-0.25, -0.2) is 4.99 Å². The van der Waals surface area contributed by atoms with Gasteiger partial charge in [0.1, 0.15) is 0 Å². The molecule has 30 heavy (non-hydrogen) atoms. The third-order valence-corrected chi connectivity index (χ3v) is 5.85. The van der Waals surface area contributed by atoms with Crippen molar-refractivity contribution in [2.24, 2.45) is 10.4 Å². The largest absolute Gasteiger partial charge is 0.385 e. The van der Waals surface area contributed by atoms with Crippen molar-refractivity contribution in [1.29, 1.82) is 0 Å². The molecule has 6 nitrogen and oxygen atoms in total. The van der Waals surface area contributed by atoms with Crippen LogP contribution in [0.5, 0.6) is 0 Å². The zero-order valence-electron chi connectivity index (χ0n) is 18.9. The summed E-state index contributed by atoms with van der Waals surface area (Å²) in [5, 5.41) is 9.84. The van der Waals surface area contributed by atoms with Crippen LogP contribution < -0.4 is 16.0 Å². The molecule has 170 valence electrons. The number of carbonyl (C=O) groups excluding carboxylic acids is 1. The van der Waals surface area contributed by atoms with Crippen LogP contribution in [-0.4, -0.2) is 44.7 Å². The topological polar surface area (TPSA) is 74.8 Å². The number of ether oxygens (including phenoxy) is 1. The van der Waals surface area contributed by atoms with E-state index in [0.717, 1.165) is 44.1 Å². The van der Waals surface area contributed by atoms with Crippen molar-refractivity contribution >= 4 is 35.8 Å². The summed E-state index contributed by atoms with van der Waals surface area (Å²) < 4.78 is 5.28. The van der Waals surface area contributed by atoms with Crippen LogP contribution in [-0.2, 0) is 11.3 Å². The molecular formula is C23H39IN4O2. The molecule has 1 fully saturated rings. The van der Waals surface area contributed by atoms with E-state index in [-0.39, 0.29) is 35.9 Å². The molecule has 1 aromatic carbocycles. The number of guanidine groups is 1. The fourth-order valence-corrected chi connectivity index (χ4v) is 3.46. The Bertz CT molecular complexity index is 660. The van der Waals surface area contributed by atoms with Crippen molar-refractivity contribution in [3.8, 4) is 0 Å². The van der Waals surface area contributed by atoms with E-state index in [1.807, 2.05) is 31.2 Å².